The highest BCUT2D eigenvalue weighted by molar-refractivity contribution is 6.31. The molecule has 2 amide bonds. The molecule has 4 rings (SSSR count). The molecule has 30 heavy (non-hydrogen) atoms. The van der Waals surface area contributed by atoms with Crippen molar-refractivity contribution < 1.29 is 19.5 Å². The van der Waals surface area contributed by atoms with Gasteiger partial charge in [0.2, 0.25) is 5.91 Å². The van der Waals surface area contributed by atoms with E-state index in [9.17, 15) is 19.5 Å². The molecule has 8 heteroatoms. The van der Waals surface area contributed by atoms with Crippen LogP contribution in [0.5, 0.6) is 0 Å². The molecule has 1 aromatic heterocycles. The van der Waals surface area contributed by atoms with E-state index in [0.717, 1.165) is 22.0 Å². The second-order valence-corrected chi connectivity index (χ2v) is 7.82. The van der Waals surface area contributed by atoms with Gasteiger partial charge in [-0.3, -0.25) is 14.4 Å². The zero-order valence-electron chi connectivity index (χ0n) is 16.2. The van der Waals surface area contributed by atoms with Crippen molar-refractivity contribution in [2.75, 3.05) is 6.54 Å². The van der Waals surface area contributed by atoms with E-state index in [2.05, 4.69) is 10.3 Å². The van der Waals surface area contributed by atoms with Gasteiger partial charge in [-0.15, -0.1) is 0 Å². The average molecular weight is 426 g/mol. The zero-order valence-corrected chi connectivity index (χ0v) is 16.9. The van der Waals surface area contributed by atoms with Crippen LogP contribution in [0.25, 0.3) is 10.9 Å². The van der Waals surface area contributed by atoms with Crippen LogP contribution in [0.4, 0.5) is 0 Å². The summed E-state index contributed by atoms with van der Waals surface area (Å²) in [5.41, 5.74) is 2.98. The van der Waals surface area contributed by atoms with Crippen molar-refractivity contribution in [3.63, 3.8) is 0 Å². The van der Waals surface area contributed by atoms with Gasteiger partial charge in [0, 0.05) is 22.8 Å². The number of nitrogens with zero attached hydrogens (tertiary/aromatic N) is 1. The number of halogens is 1. The molecule has 0 bridgehead atoms. The van der Waals surface area contributed by atoms with Gasteiger partial charge in [-0.25, -0.2) is 0 Å². The topological polar surface area (TPSA) is 102 Å². The summed E-state index contributed by atoms with van der Waals surface area (Å²) in [4.78, 5) is 41.0. The molecule has 7 nitrogen and oxygen atoms in total. The molecule has 0 unspecified atom stereocenters. The number of fused-ring (bicyclic) bond motifs is 2. The Morgan fingerprint density at radius 2 is 1.97 bits per heavy atom. The van der Waals surface area contributed by atoms with E-state index in [1.165, 1.54) is 11.8 Å². The number of aromatic nitrogens is 1. The minimum absolute atomic E-state index is 0.330. The molecule has 0 saturated carbocycles. The highest BCUT2D eigenvalue weighted by Gasteiger charge is 2.39. The maximum Gasteiger partial charge on any atom is 0.323 e. The highest BCUT2D eigenvalue weighted by atomic mass is 35.5. The van der Waals surface area contributed by atoms with Crippen molar-refractivity contribution in [1.82, 2.24) is 15.2 Å². The number of amides is 2. The molecule has 3 aromatic rings. The van der Waals surface area contributed by atoms with Gasteiger partial charge in [-0.1, -0.05) is 35.9 Å². The van der Waals surface area contributed by atoms with Gasteiger partial charge >= 0.3 is 5.97 Å². The summed E-state index contributed by atoms with van der Waals surface area (Å²) in [5.74, 6) is -1.80. The number of rotatable bonds is 5. The van der Waals surface area contributed by atoms with Crippen LogP contribution in [0, 0.1) is 0 Å². The van der Waals surface area contributed by atoms with E-state index in [0.29, 0.717) is 17.1 Å². The van der Waals surface area contributed by atoms with Crippen molar-refractivity contribution in [2.45, 2.75) is 25.4 Å². The van der Waals surface area contributed by atoms with E-state index in [-0.39, 0.29) is 11.8 Å². The molecule has 2 aromatic carbocycles. The van der Waals surface area contributed by atoms with Gasteiger partial charge in [0.15, 0.2) is 0 Å². The summed E-state index contributed by atoms with van der Waals surface area (Å²) < 4.78 is 0. The summed E-state index contributed by atoms with van der Waals surface area (Å²) in [6, 6.07) is 13.5. The maximum absolute atomic E-state index is 13.0. The number of benzene rings is 2. The van der Waals surface area contributed by atoms with E-state index in [4.69, 9.17) is 11.6 Å². The molecule has 0 aliphatic heterocycles. The third-order valence-electron chi connectivity index (χ3n) is 5.38. The lowest BCUT2D eigenvalue weighted by atomic mass is 10.0. The van der Waals surface area contributed by atoms with Crippen LogP contribution in [0.2, 0.25) is 5.02 Å². The number of carboxylic acids is 1. The first-order valence-corrected chi connectivity index (χ1v) is 9.87. The standard InChI is InChI=1S/C22H20ClN3O4/c1-12(27)26(11-20(28)29)21-16-5-3-2-4-13(16)9-18(21)25-22(30)19-10-14-8-15(23)6-7-17(14)24-19/h2-8,10,18,21,24H,9,11H2,1H3,(H,25,30)(H,28,29)/t18-,21-/m1/s1. The quantitative estimate of drug-likeness (QED) is 0.584. The van der Waals surface area contributed by atoms with Crippen LogP contribution in [0.15, 0.2) is 48.5 Å². The summed E-state index contributed by atoms with van der Waals surface area (Å²) >= 11 is 6.02. The van der Waals surface area contributed by atoms with Crippen molar-refractivity contribution in [1.29, 1.82) is 0 Å². The molecule has 1 aliphatic rings. The Morgan fingerprint density at radius 1 is 1.20 bits per heavy atom. The molecular formula is C22H20ClN3O4. The number of nitrogens with one attached hydrogen (secondary N) is 2. The van der Waals surface area contributed by atoms with Gasteiger partial charge in [0.05, 0.1) is 12.1 Å². The van der Waals surface area contributed by atoms with Gasteiger partial charge in [-0.2, -0.15) is 0 Å². The molecule has 1 heterocycles. The van der Waals surface area contributed by atoms with E-state index in [1.807, 2.05) is 24.3 Å². The van der Waals surface area contributed by atoms with Crippen molar-refractivity contribution >= 4 is 40.3 Å². The van der Waals surface area contributed by atoms with E-state index in [1.54, 1.807) is 24.3 Å². The summed E-state index contributed by atoms with van der Waals surface area (Å²) in [6.07, 6.45) is 0.502. The smallest absolute Gasteiger partial charge is 0.323 e. The molecule has 0 radical (unpaired) electrons. The molecule has 3 N–H and O–H groups in total. The highest BCUT2D eigenvalue weighted by Crippen LogP contribution is 2.36. The minimum Gasteiger partial charge on any atom is -0.480 e. The summed E-state index contributed by atoms with van der Waals surface area (Å²) in [5, 5.41) is 13.7. The lowest BCUT2D eigenvalue weighted by molar-refractivity contribution is -0.145. The number of H-pyrrole nitrogens is 1. The number of aromatic amines is 1. The summed E-state index contributed by atoms with van der Waals surface area (Å²) in [7, 11) is 0. The molecular weight excluding hydrogens is 406 g/mol. The van der Waals surface area contributed by atoms with E-state index >= 15 is 0 Å². The number of aliphatic carboxylic acids is 1. The van der Waals surface area contributed by atoms with Crippen molar-refractivity contribution in [3.05, 3.63) is 70.4 Å². The number of hydrogen-bond acceptors (Lipinski definition) is 3. The fourth-order valence-electron chi connectivity index (χ4n) is 4.11. The normalized spacial score (nSPS) is 17.5. The Kier molecular flexibility index (Phi) is 5.22. The first-order chi connectivity index (χ1) is 14.3. The largest absolute Gasteiger partial charge is 0.480 e. The molecule has 1 aliphatic carbocycles. The maximum atomic E-state index is 13.0. The Hall–Kier alpha value is -3.32. The van der Waals surface area contributed by atoms with Crippen LogP contribution < -0.4 is 5.32 Å². The Bertz CT molecular complexity index is 1160. The van der Waals surface area contributed by atoms with Crippen LogP contribution >= 0.6 is 11.6 Å². The number of carboxylic acid groups (broad SMARTS) is 1. The van der Waals surface area contributed by atoms with Gasteiger partial charge in [0.25, 0.3) is 5.91 Å². The summed E-state index contributed by atoms with van der Waals surface area (Å²) in [6.45, 7) is 0.899. The van der Waals surface area contributed by atoms with E-state index < -0.39 is 24.6 Å². The average Bonchev–Trinajstić information content (AvgIpc) is 3.26. The van der Waals surface area contributed by atoms with Crippen LogP contribution in [-0.4, -0.2) is 45.4 Å². The minimum atomic E-state index is -1.10. The SMILES string of the molecule is CC(=O)N(CC(=O)O)[C@@H]1c2ccccc2C[C@H]1NC(=O)c1cc2cc(Cl)ccc2[nH]1. The first kappa shape index (κ1) is 20.0. The van der Waals surface area contributed by atoms with Crippen LogP contribution in [-0.2, 0) is 16.0 Å². The van der Waals surface area contributed by atoms with Gasteiger partial charge in [-0.05, 0) is 41.8 Å². The zero-order chi connectivity index (χ0) is 21.4. The fraction of sp³-hybridized carbons (Fsp3) is 0.227. The van der Waals surface area contributed by atoms with Crippen LogP contribution in [0.3, 0.4) is 0 Å². The molecule has 154 valence electrons. The lowest BCUT2D eigenvalue weighted by Crippen LogP contribution is -2.47. The Labute approximate surface area is 177 Å². The van der Waals surface area contributed by atoms with Gasteiger partial charge < -0.3 is 20.3 Å². The first-order valence-electron chi connectivity index (χ1n) is 9.49. The fourth-order valence-corrected chi connectivity index (χ4v) is 4.29. The predicted octanol–water partition coefficient (Wildman–Crippen LogP) is 3.15. The predicted molar refractivity (Wildman–Crippen MR) is 112 cm³/mol. The second-order valence-electron chi connectivity index (χ2n) is 7.38. The lowest BCUT2D eigenvalue weighted by Gasteiger charge is -2.32. The monoisotopic (exact) mass is 425 g/mol. The third kappa shape index (κ3) is 3.76. The molecule has 0 saturated heterocycles. The number of carbonyl (C=O) groups excluding carboxylic acids is 2. The van der Waals surface area contributed by atoms with Gasteiger partial charge in [0.1, 0.15) is 12.2 Å². The van der Waals surface area contributed by atoms with Crippen molar-refractivity contribution in [2.24, 2.45) is 0 Å². The molecule has 0 fully saturated rings. The number of hydrogen-bond donors (Lipinski definition) is 3. The number of carbonyl (C=O) groups is 3. The molecule has 2 atom stereocenters. The van der Waals surface area contributed by atoms with Crippen molar-refractivity contribution in [3.8, 4) is 0 Å². The Balaban J connectivity index is 1.64. The Morgan fingerprint density at radius 3 is 2.70 bits per heavy atom. The molecule has 0 spiro atoms. The second kappa shape index (κ2) is 7.84. The third-order valence-corrected chi connectivity index (χ3v) is 5.62. The van der Waals surface area contributed by atoms with Crippen LogP contribution in [0.1, 0.15) is 34.6 Å².